The number of carbonyl (C=O) groups is 1. The van der Waals surface area contributed by atoms with Crippen molar-refractivity contribution in [1.29, 1.82) is 0 Å². The minimum absolute atomic E-state index is 0.0600. The third-order valence-corrected chi connectivity index (χ3v) is 3.28. The number of hydrogen-bond acceptors (Lipinski definition) is 2. The molecule has 1 rings (SSSR count). The first-order chi connectivity index (χ1) is 8.51. The molecule has 0 aliphatic rings. The van der Waals surface area contributed by atoms with Crippen molar-refractivity contribution in [2.45, 2.75) is 26.2 Å². The Kier molecular flexibility index (Phi) is 6.16. The first kappa shape index (κ1) is 15.0. The number of carboxylic acid groups (broad SMARTS) is 1. The SMILES string of the molecule is CC(Cc1ccc(Cl)cc1)CC(CN)CC(=O)O. The van der Waals surface area contributed by atoms with Crippen molar-refractivity contribution in [3.8, 4) is 0 Å². The number of aliphatic carboxylic acids is 1. The van der Waals surface area contributed by atoms with Crippen molar-refractivity contribution in [2.24, 2.45) is 17.6 Å². The van der Waals surface area contributed by atoms with E-state index in [0.717, 1.165) is 17.9 Å². The van der Waals surface area contributed by atoms with E-state index in [1.165, 1.54) is 5.56 Å². The summed E-state index contributed by atoms with van der Waals surface area (Å²) in [4.78, 5) is 10.7. The van der Waals surface area contributed by atoms with Gasteiger partial charge >= 0.3 is 5.97 Å². The highest BCUT2D eigenvalue weighted by molar-refractivity contribution is 6.30. The van der Waals surface area contributed by atoms with Crippen LogP contribution in [0.1, 0.15) is 25.3 Å². The maximum Gasteiger partial charge on any atom is 0.303 e. The lowest BCUT2D eigenvalue weighted by atomic mass is 9.89. The first-order valence-electron chi connectivity index (χ1n) is 6.17. The monoisotopic (exact) mass is 269 g/mol. The average Bonchev–Trinajstić information content (AvgIpc) is 2.30. The predicted molar refractivity (Wildman–Crippen MR) is 73.7 cm³/mol. The largest absolute Gasteiger partial charge is 0.481 e. The number of benzene rings is 1. The molecule has 0 aliphatic heterocycles. The summed E-state index contributed by atoms with van der Waals surface area (Å²) in [5.74, 6) is -0.298. The average molecular weight is 270 g/mol. The highest BCUT2D eigenvalue weighted by Crippen LogP contribution is 2.20. The fourth-order valence-corrected chi connectivity index (χ4v) is 2.31. The van der Waals surface area contributed by atoms with Crippen molar-refractivity contribution in [2.75, 3.05) is 6.54 Å². The Morgan fingerprint density at radius 1 is 1.39 bits per heavy atom. The van der Waals surface area contributed by atoms with E-state index in [1.54, 1.807) is 0 Å². The molecule has 4 heteroatoms. The van der Waals surface area contributed by atoms with Gasteiger partial charge in [-0.15, -0.1) is 0 Å². The maximum absolute atomic E-state index is 10.7. The van der Waals surface area contributed by atoms with Gasteiger partial charge in [-0.05, 0) is 48.9 Å². The van der Waals surface area contributed by atoms with Crippen LogP contribution in [0.2, 0.25) is 5.02 Å². The molecule has 0 saturated heterocycles. The van der Waals surface area contributed by atoms with Crippen LogP contribution < -0.4 is 5.73 Å². The van der Waals surface area contributed by atoms with Crippen LogP contribution in [0.4, 0.5) is 0 Å². The molecule has 100 valence electrons. The van der Waals surface area contributed by atoms with Gasteiger partial charge in [-0.2, -0.15) is 0 Å². The summed E-state index contributed by atoms with van der Waals surface area (Å²) >= 11 is 5.83. The third-order valence-electron chi connectivity index (χ3n) is 3.03. The van der Waals surface area contributed by atoms with Crippen LogP contribution in [-0.2, 0) is 11.2 Å². The molecular formula is C14H20ClNO2. The Morgan fingerprint density at radius 2 is 2.00 bits per heavy atom. The molecule has 2 unspecified atom stereocenters. The van der Waals surface area contributed by atoms with Gasteiger partial charge in [0.25, 0.3) is 0 Å². The molecule has 3 N–H and O–H groups in total. The molecule has 0 fully saturated rings. The molecule has 0 spiro atoms. The van der Waals surface area contributed by atoms with Gasteiger partial charge in [0.05, 0.1) is 0 Å². The lowest BCUT2D eigenvalue weighted by molar-refractivity contribution is -0.138. The normalized spacial score (nSPS) is 14.2. The van der Waals surface area contributed by atoms with Crippen molar-refractivity contribution >= 4 is 17.6 Å². The molecule has 3 nitrogen and oxygen atoms in total. The minimum atomic E-state index is -0.774. The zero-order valence-corrected chi connectivity index (χ0v) is 11.4. The highest BCUT2D eigenvalue weighted by atomic mass is 35.5. The molecule has 1 aromatic carbocycles. The fourth-order valence-electron chi connectivity index (χ4n) is 2.19. The molecule has 0 saturated carbocycles. The van der Waals surface area contributed by atoms with E-state index in [2.05, 4.69) is 6.92 Å². The molecule has 0 amide bonds. The summed E-state index contributed by atoms with van der Waals surface area (Å²) in [6, 6.07) is 7.77. The van der Waals surface area contributed by atoms with E-state index in [9.17, 15) is 4.79 Å². The number of rotatable bonds is 7. The standard InChI is InChI=1S/C14H20ClNO2/c1-10(7-12(9-16)8-14(17)18)6-11-2-4-13(15)5-3-11/h2-5,10,12H,6-9,16H2,1H3,(H,17,18). The zero-order valence-electron chi connectivity index (χ0n) is 10.6. The molecular weight excluding hydrogens is 250 g/mol. The summed E-state index contributed by atoms with van der Waals surface area (Å²) in [7, 11) is 0. The molecule has 2 atom stereocenters. The van der Waals surface area contributed by atoms with E-state index in [-0.39, 0.29) is 12.3 Å². The van der Waals surface area contributed by atoms with Gasteiger partial charge in [-0.1, -0.05) is 30.7 Å². The third kappa shape index (κ3) is 5.52. The number of halogens is 1. The van der Waals surface area contributed by atoms with E-state index in [0.29, 0.717) is 12.5 Å². The van der Waals surface area contributed by atoms with Crippen LogP contribution in [0.15, 0.2) is 24.3 Å². The number of hydrogen-bond donors (Lipinski definition) is 2. The maximum atomic E-state index is 10.7. The fraction of sp³-hybridized carbons (Fsp3) is 0.500. The van der Waals surface area contributed by atoms with Crippen molar-refractivity contribution in [1.82, 2.24) is 0 Å². The van der Waals surface area contributed by atoms with Gasteiger partial charge in [0.2, 0.25) is 0 Å². The van der Waals surface area contributed by atoms with Gasteiger partial charge in [0.15, 0.2) is 0 Å². The van der Waals surface area contributed by atoms with E-state index >= 15 is 0 Å². The summed E-state index contributed by atoms with van der Waals surface area (Å²) < 4.78 is 0. The summed E-state index contributed by atoms with van der Waals surface area (Å²) in [5, 5.41) is 9.51. The molecule has 0 bridgehead atoms. The second-order valence-corrected chi connectivity index (χ2v) is 5.31. The lowest BCUT2D eigenvalue weighted by Gasteiger charge is -2.18. The molecule has 0 radical (unpaired) electrons. The highest BCUT2D eigenvalue weighted by Gasteiger charge is 2.15. The lowest BCUT2D eigenvalue weighted by Crippen LogP contribution is -2.21. The Hall–Kier alpha value is -1.06. The molecule has 18 heavy (non-hydrogen) atoms. The second-order valence-electron chi connectivity index (χ2n) is 4.87. The molecule has 1 aromatic rings. The van der Waals surface area contributed by atoms with E-state index in [4.69, 9.17) is 22.4 Å². The van der Waals surface area contributed by atoms with Crippen LogP contribution >= 0.6 is 11.6 Å². The van der Waals surface area contributed by atoms with Gasteiger partial charge in [-0.25, -0.2) is 0 Å². The van der Waals surface area contributed by atoms with Crippen LogP contribution in [0, 0.1) is 11.8 Å². The van der Waals surface area contributed by atoms with Gasteiger partial charge in [-0.3, -0.25) is 4.79 Å². The molecule has 0 heterocycles. The van der Waals surface area contributed by atoms with Gasteiger partial charge in [0.1, 0.15) is 0 Å². The second kappa shape index (κ2) is 7.39. The Labute approximate surface area is 113 Å². The summed E-state index contributed by atoms with van der Waals surface area (Å²) in [6.07, 6.45) is 1.92. The van der Waals surface area contributed by atoms with Crippen molar-refractivity contribution in [3.63, 3.8) is 0 Å². The van der Waals surface area contributed by atoms with Crippen molar-refractivity contribution < 1.29 is 9.90 Å². The minimum Gasteiger partial charge on any atom is -0.481 e. The Bertz CT molecular complexity index is 378. The first-order valence-corrected chi connectivity index (χ1v) is 6.55. The molecule has 0 aliphatic carbocycles. The Morgan fingerprint density at radius 3 is 2.50 bits per heavy atom. The quantitative estimate of drug-likeness (QED) is 0.800. The predicted octanol–water partition coefficient (Wildman–Crippen LogP) is 2.96. The summed E-state index contributed by atoms with van der Waals surface area (Å²) in [5.41, 5.74) is 6.82. The van der Waals surface area contributed by atoms with E-state index in [1.807, 2.05) is 24.3 Å². The number of carboxylic acids is 1. The van der Waals surface area contributed by atoms with Crippen molar-refractivity contribution in [3.05, 3.63) is 34.9 Å². The van der Waals surface area contributed by atoms with Crippen LogP contribution in [0.5, 0.6) is 0 Å². The number of nitrogens with two attached hydrogens (primary N) is 1. The topological polar surface area (TPSA) is 63.3 Å². The van der Waals surface area contributed by atoms with Crippen LogP contribution in [0.3, 0.4) is 0 Å². The zero-order chi connectivity index (χ0) is 13.5. The van der Waals surface area contributed by atoms with Crippen LogP contribution in [-0.4, -0.2) is 17.6 Å². The van der Waals surface area contributed by atoms with Crippen LogP contribution in [0.25, 0.3) is 0 Å². The van der Waals surface area contributed by atoms with E-state index < -0.39 is 5.97 Å². The van der Waals surface area contributed by atoms with Gasteiger partial charge < -0.3 is 10.8 Å². The Balaban J connectivity index is 2.46. The molecule has 0 aromatic heterocycles. The van der Waals surface area contributed by atoms with Gasteiger partial charge in [0, 0.05) is 11.4 Å². The summed E-state index contributed by atoms with van der Waals surface area (Å²) in [6.45, 7) is 2.55. The smallest absolute Gasteiger partial charge is 0.303 e.